The van der Waals surface area contributed by atoms with Crippen molar-refractivity contribution in [3.63, 3.8) is 0 Å². The first-order chi connectivity index (χ1) is 8.95. The molecule has 1 aromatic carbocycles. The Morgan fingerprint density at radius 3 is 2.84 bits per heavy atom. The summed E-state index contributed by atoms with van der Waals surface area (Å²) in [4.78, 5) is 11.7. The summed E-state index contributed by atoms with van der Waals surface area (Å²) in [6, 6.07) is 3.80. The Bertz CT molecular complexity index is 461. The Morgan fingerprint density at radius 2 is 2.26 bits per heavy atom. The summed E-state index contributed by atoms with van der Waals surface area (Å²) in [5, 5.41) is 2.61. The average Bonchev–Trinajstić information content (AvgIpc) is 2.35. The summed E-state index contributed by atoms with van der Waals surface area (Å²) in [5.41, 5.74) is 6.44. The van der Waals surface area contributed by atoms with Crippen LogP contribution in [0, 0.1) is 5.82 Å². The minimum atomic E-state index is -0.737. The monoisotopic (exact) mass is 266 g/mol. The number of carbonyl (C=O) groups excluding carboxylic acids is 1. The number of nitrogens with one attached hydrogen (secondary N) is 1. The molecule has 0 spiro atoms. The maximum absolute atomic E-state index is 13.2. The van der Waals surface area contributed by atoms with Gasteiger partial charge in [0, 0.05) is 24.2 Å². The van der Waals surface area contributed by atoms with Crippen LogP contribution in [0.3, 0.4) is 0 Å². The van der Waals surface area contributed by atoms with Crippen LogP contribution in [-0.4, -0.2) is 18.6 Å². The maximum Gasteiger partial charge on any atom is 0.261 e. The summed E-state index contributed by atoms with van der Waals surface area (Å²) in [6.07, 6.45) is 0.833. The molecular formula is C14H19FN2O2. The lowest BCUT2D eigenvalue weighted by molar-refractivity contribution is -0.127. The zero-order valence-electron chi connectivity index (χ0n) is 11.2. The number of hydrogen-bond acceptors (Lipinski definition) is 3. The molecule has 104 valence electrons. The molecule has 0 aliphatic rings. The smallest absolute Gasteiger partial charge is 0.261 e. The van der Waals surface area contributed by atoms with Gasteiger partial charge in [-0.25, -0.2) is 4.39 Å². The van der Waals surface area contributed by atoms with Gasteiger partial charge in [-0.1, -0.05) is 12.1 Å². The highest BCUT2D eigenvalue weighted by atomic mass is 19.1. The number of rotatable bonds is 6. The summed E-state index contributed by atoms with van der Waals surface area (Å²) < 4.78 is 18.7. The topological polar surface area (TPSA) is 64.3 Å². The number of carbonyl (C=O) groups is 1. The predicted molar refractivity (Wildman–Crippen MR) is 72.3 cm³/mol. The minimum absolute atomic E-state index is 0.288. The van der Waals surface area contributed by atoms with Crippen LogP contribution in [0.1, 0.15) is 25.5 Å². The first kappa shape index (κ1) is 15.2. The first-order valence-electron chi connectivity index (χ1n) is 6.06. The highest BCUT2D eigenvalue weighted by molar-refractivity contribution is 5.80. The van der Waals surface area contributed by atoms with E-state index in [1.54, 1.807) is 26.0 Å². The quantitative estimate of drug-likeness (QED) is 0.773. The summed E-state index contributed by atoms with van der Waals surface area (Å²) in [6.45, 7) is 7.22. The van der Waals surface area contributed by atoms with Crippen molar-refractivity contribution in [1.82, 2.24) is 5.32 Å². The Morgan fingerprint density at radius 1 is 1.58 bits per heavy atom. The van der Waals surface area contributed by atoms with Crippen molar-refractivity contribution in [3.8, 4) is 5.75 Å². The molecule has 1 aromatic rings. The van der Waals surface area contributed by atoms with Gasteiger partial charge in [-0.05, 0) is 19.9 Å². The van der Waals surface area contributed by atoms with Crippen LogP contribution in [-0.2, 0) is 4.79 Å². The molecule has 0 aliphatic carbocycles. The second kappa shape index (κ2) is 6.89. The van der Waals surface area contributed by atoms with E-state index in [0.29, 0.717) is 12.1 Å². The van der Waals surface area contributed by atoms with Gasteiger partial charge in [-0.3, -0.25) is 4.79 Å². The standard InChI is InChI=1S/C14H19FN2O2/c1-4-7-17-14(18)10(3)19-13-8-11(15)5-6-12(13)9(2)16/h4-6,8-10H,1,7,16H2,2-3H3,(H,17,18)/t9-,10?/m0/s1. The van der Waals surface area contributed by atoms with Crippen molar-refractivity contribution < 1.29 is 13.9 Å². The molecule has 0 saturated carbocycles. The predicted octanol–water partition coefficient (Wildman–Crippen LogP) is 1.91. The van der Waals surface area contributed by atoms with Crippen molar-refractivity contribution in [2.75, 3.05) is 6.54 Å². The van der Waals surface area contributed by atoms with Gasteiger partial charge in [0.25, 0.3) is 5.91 Å². The molecule has 0 fully saturated rings. The normalized spacial score (nSPS) is 13.5. The number of nitrogens with two attached hydrogens (primary N) is 1. The van der Waals surface area contributed by atoms with E-state index in [1.807, 2.05) is 0 Å². The number of benzene rings is 1. The summed E-state index contributed by atoms with van der Waals surface area (Å²) >= 11 is 0. The van der Waals surface area contributed by atoms with Gasteiger partial charge in [0.2, 0.25) is 0 Å². The Labute approximate surface area is 112 Å². The molecule has 0 aromatic heterocycles. The van der Waals surface area contributed by atoms with Crippen LogP contribution in [0.15, 0.2) is 30.9 Å². The Kier molecular flexibility index (Phi) is 5.51. The Balaban J connectivity index is 2.83. The zero-order valence-corrected chi connectivity index (χ0v) is 11.2. The Hall–Kier alpha value is -1.88. The fraction of sp³-hybridized carbons (Fsp3) is 0.357. The molecule has 0 saturated heterocycles. The molecule has 19 heavy (non-hydrogen) atoms. The third-order valence-corrected chi connectivity index (χ3v) is 2.56. The largest absolute Gasteiger partial charge is 0.480 e. The molecule has 1 unspecified atom stereocenters. The molecule has 1 rings (SSSR count). The van der Waals surface area contributed by atoms with Crippen LogP contribution in [0.4, 0.5) is 4.39 Å². The molecule has 0 radical (unpaired) electrons. The van der Waals surface area contributed by atoms with Crippen molar-refractivity contribution in [1.29, 1.82) is 0 Å². The average molecular weight is 266 g/mol. The first-order valence-corrected chi connectivity index (χ1v) is 6.06. The van der Waals surface area contributed by atoms with E-state index in [2.05, 4.69) is 11.9 Å². The van der Waals surface area contributed by atoms with Crippen LogP contribution < -0.4 is 15.8 Å². The van der Waals surface area contributed by atoms with Gasteiger partial charge in [0.05, 0.1) is 0 Å². The lowest BCUT2D eigenvalue weighted by Crippen LogP contribution is -2.36. The van der Waals surface area contributed by atoms with E-state index >= 15 is 0 Å². The van der Waals surface area contributed by atoms with Gasteiger partial charge in [0.1, 0.15) is 11.6 Å². The molecular weight excluding hydrogens is 247 g/mol. The second-order valence-electron chi connectivity index (χ2n) is 4.26. The molecule has 0 aliphatic heterocycles. The van der Waals surface area contributed by atoms with E-state index in [4.69, 9.17) is 10.5 Å². The second-order valence-corrected chi connectivity index (χ2v) is 4.26. The number of amides is 1. The number of ether oxygens (including phenoxy) is 1. The van der Waals surface area contributed by atoms with Crippen molar-refractivity contribution in [2.24, 2.45) is 5.73 Å². The van der Waals surface area contributed by atoms with E-state index in [-0.39, 0.29) is 17.7 Å². The third-order valence-electron chi connectivity index (χ3n) is 2.56. The zero-order chi connectivity index (χ0) is 14.4. The third kappa shape index (κ3) is 4.37. The lowest BCUT2D eigenvalue weighted by atomic mass is 10.1. The molecule has 1 amide bonds. The fourth-order valence-electron chi connectivity index (χ4n) is 1.55. The SMILES string of the molecule is C=CCNC(=O)C(C)Oc1cc(F)ccc1[C@H](C)N. The number of halogens is 1. The van der Waals surface area contributed by atoms with Crippen LogP contribution in [0.2, 0.25) is 0 Å². The van der Waals surface area contributed by atoms with Gasteiger partial charge in [0.15, 0.2) is 6.10 Å². The molecule has 4 nitrogen and oxygen atoms in total. The van der Waals surface area contributed by atoms with Crippen LogP contribution in [0.5, 0.6) is 5.75 Å². The molecule has 3 N–H and O–H groups in total. The van der Waals surface area contributed by atoms with Gasteiger partial charge in [-0.15, -0.1) is 6.58 Å². The highest BCUT2D eigenvalue weighted by Gasteiger charge is 2.17. The van der Waals surface area contributed by atoms with E-state index < -0.39 is 11.9 Å². The molecule has 0 bridgehead atoms. The van der Waals surface area contributed by atoms with E-state index in [0.717, 1.165) is 0 Å². The fourth-order valence-corrected chi connectivity index (χ4v) is 1.55. The van der Waals surface area contributed by atoms with E-state index in [1.165, 1.54) is 12.1 Å². The molecule has 0 heterocycles. The van der Waals surface area contributed by atoms with Crippen molar-refractivity contribution >= 4 is 5.91 Å². The molecule has 2 atom stereocenters. The highest BCUT2D eigenvalue weighted by Crippen LogP contribution is 2.25. The lowest BCUT2D eigenvalue weighted by Gasteiger charge is -2.18. The van der Waals surface area contributed by atoms with Gasteiger partial charge in [-0.2, -0.15) is 0 Å². The van der Waals surface area contributed by atoms with Crippen LogP contribution >= 0.6 is 0 Å². The molecule has 5 heteroatoms. The maximum atomic E-state index is 13.2. The van der Waals surface area contributed by atoms with Gasteiger partial charge >= 0.3 is 0 Å². The van der Waals surface area contributed by atoms with Crippen LogP contribution in [0.25, 0.3) is 0 Å². The van der Waals surface area contributed by atoms with Gasteiger partial charge < -0.3 is 15.8 Å². The number of hydrogen-bond donors (Lipinski definition) is 2. The van der Waals surface area contributed by atoms with Crippen molar-refractivity contribution in [2.45, 2.75) is 26.0 Å². The summed E-state index contributed by atoms with van der Waals surface area (Å²) in [5.74, 6) is -0.436. The van der Waals surface area contributed by atoms with E-state index in [9.17, 15) is 9.18 Å². The van der Waals surface area contributed by atoms with Crippen molar-refractivity contribution in [3.05, 3.63) is 42.2 Å². The minimum Gasteiger partial charge on any atom is -0.480 e. The summed E-state index contributed by atoms with van der Waals surface area (Å²) in [7, 11) is 0.